The van der Waals surface area contributed by atoms with Crippen molar-refractivity contribution in [3.8, 4) is 0 Å². The van der Waals surface area contributed by atoms with E-state index >= 15 is 0 Å². The largest absolute Gasteiger partial charge is 0.481 e. The number of ketones is 2. The molecule has 0 aromatic heterocycles. The third-order valence-electron chi connectivity index (χ3n) is 2.71. The van der Waals surface area contributed by atoms with E-state index in [1.165, 1.54) is 19.9 Å². The Morgan fingerprint density at radius 3 is 1.48 bits per heavy atom. The highest BCUT2D eigenvalue weighted by Gasteiger charge is 2.34. The van der Waals surface area contributed by atoms with Crippen molar-refractivity contribution in [2.24, 2.45) is 17.3 Å². The van der Waals surface area contributed by atoms with E-state index < -0.39 is 29.2 Å². The van der Waals surface area contributed by atoms with Gasteiger partial charge in [0.2, 0.25) is 0 Å². The minimum absolute atomic E-state index is 0.213. The van der Waals surface area contributed by atoms with E-state index in [9.17, 15) is 19.2 Å². The van der Waals surface area contributed by atoms with Gasteiger partial charge < -0.3 is 10.2 Å². The van der Waals surface area contributed by atoms with Gasteiger partial charge in [0, 0.05) is 0 Å². The van der Waals surface area contributed by atoms with E-state index in [1.807, 2.05) is 0 Å². The van der Waals surface area contributed by atoms with Gasteiger partial charge >= 0.3 is 11.9 Å². The number of aliphatic carboxylic acids is 2. The Labute approximate surface area is 124 Å². The van der Waals surface area contributed by atoms with Gasteiger partial charge in [-0.05, 0) is 25.7 Å². The van der Waals surface area contributed by atoms with Crippen LogP contribution in [-0.2, 0) is 19.2 Å². The summed E-state index contributed by atoms with van der Waals surface area (Å²) < 4.78 is 0. The van der Waals surface area contributed by atoms with Crippen molar-refractivity contribution in [3.63, 3.8) is 0 Å². The van der Waals surface area contributed by atoms with Crippen molar-refractivity contribution in [2.75, 3.05) is 0 Å². The van der Waals surface area contributed by atoms with E-state index in [-0.39, 0.29) is 18.0 Å². The molecule has 0 radical (unpaired) electrons. The average Bonchev–Trinajstić information content (AvgIpc) is 2.21. The maximum atomic E-state index is 10.9. The smallest absolute Gasteiger partial charge is 0.314 e. The van der Waals surface area contributed by atoms with Crippen molar-refractivity contribution >= 4 is 23.5 Å². The van der Waals surface area contributed by atoms with Crippen LogP contribution < -0.4 is 0 Å². The van der Waals surface area contributed by atoms with Gasteiger partial charge in [-0.15, -0.1) is 6.58 Å². The van der Waals surface area contributed by atoms with E-state index in [1.54, 1.807) is 20.8 Å². The number of carboxylic acids is 2. The predicted octanol–water partition coefficient (Wildman–Crippen LogP) is 2.17. The van der Waals surface area contributed by atoms with Crippen LogP contribution >= 0.6 is 0 Å². The van der Waals surface area contributed by atoms with Gasteiger partial charge in [-0.2, -0.15) is 0 Å². The van der Waals surface area contributed by atoms with Gasteiger partial charge in [0.1, 0.15) is 23.4 Å². The van der Waals surface area contributed by atoms with Crippen molar-refractivity contribution in [2.45, 2.75) is 41.0 Å². The summed E-state index contributed by atoms with van der Waals surface area (Å²) in [6, 6.07) is 0. The van der Waals surface area contributed by atoms with E-state index in [0.717, 1.165) is 0 Å². The molecule has 6 heteroatoms. The molecule has 0 aromatic rings. The van der Waals surface area contributed by atoms with Gasteiger partial charge in [-0.1, -0.05) is 26.8 Å². The van der Waals surface area contributed by atoms with Gasteiger partial charge in [-0.25, -0.2) is 0 Å². The summed E-state index contributed by atoms with van der Waals surface area (Å²) in [5, 5.41) is 17.1. The topological polar surface area (TPSA) is 109 Å². The fraction of sp³-hybridized carbons (Fsp3) is 0.600. The monoisotopic (exact) mass is 300 g/mol. The Kier molecular flexibility index (Phi) is 9.19. The van der Waals surface area contributed by atoms with Gasteiger partial charge in [0.05, 0.1) is 0 Å². The molecule has 0 bridgehead atoms. The fourth-order valence-corrected chi connectivity index (χ4v) is 1.76. The highest BCUT2D eigenvalue weighted by Crippen LogP contribution is 2.26. The molecule has 0 amide bonds. The van der Waals surface area contributed by atoms with Crippen molar-refractivity contribution in [3.05, 3.63) is 12.7 Å². The predicted molar refractivity (Wildman–Crippen MR) is 77.9 cm³/mol. The molecule has 0 rings (SSSR count). The Morgan fingerprint density at radius 1 is 1.00 bits per heavy atom. The molecule has 0 aliphatic rings. The van der Waals surface area contributed by atoms with E-state index in [4.69, 9.17) is 10.2 Å². The van der Waals surface area contributed by atoms with Crippen molar-refractivity contribution in [1.82, 2.24) is 0 Å². The number of allylic oxidation sites excluding steroid dienone is 1. The van der Waals surface area contributed by atoms with Gasteiger partial charge in [0.25, 0.3) is 0 Å². The minimum Gasteiger partial charge on any atom is -0.481 e. The number of carbonyl (C=O) groups excluding carboxylic acids is 2. The summed E-state index contributed by atoms with van der Waals surface area (Å²) in [5.74, 6) is -4.52. The van der Waals surface area contributed by atoms with Crippen LogP contribution in [0.5, 0.6) is 0 Å². The lowest BCUT2D eigenvalue weighted by Crippen LogP contribution is -2.33. The molecule has 0 aliphatic carbocycles. The molecule has 0 saturated heterocycles. The van der Waals surface area contributed by atoms with Crippen LogP contribution in [-0.4, -0.2) is 33.7 Å². The highest BCUT2D eigenvalue weighted by atomic mass is 16.4. The molecular weight excluding hydrogens is 276 g/mol. The Hall–Kier alpha value is -1.98. The SMILES string of the molecule is C=CCC(C(C)=O)C(=O)O.CC(=O)C(C(=O)O)C(C)(C)C. The second kappa shape index (κ2) is 9.05. The third kappa shape index (κ3) is 8.73. The second-order valence-corrected chi connectivity index (χ2v) is 5.77. The number of rotatable bonds is 6. The summed E-state index contributed by atoms with van der Waals surface area (Å²) >= 11 is 0. The van der Waals surface area contributed by atoms with E-state index in [0.29, 0.717) is 0 Å². The quantitative estimate of drug-likeness (QED) is 0.575. The number of Topliss-reactive ketones (excluding diaryl/α,β-unsaturated/α-hetero) is 2. The van der Waals surface area contributed by atoms with Crippen LogP contribution in [0.3, 0.4) is 0 Å². The van der Waals surface area contributed by atoms with Crippen LogP contribution in [0.4, 0.5) is 0 Å². The molecule has 21 heavy (non-hydrogen) atoms. The molecule has 2 N–H and O–H groups in total. The lowest BCUT2D eigenvalue weighted by atomic mass is 9.78. The van der Waals surface area contributed by atoms with E-state index in [2.05, 4.69) is 6.58 Å². The Morgan fingerprint density at radius 2 is 1.43 bits per heavy atom. The molecule has 0 heterocycles. The number of carbonyl (C=O) groups is 4. The maximum Gasteiger partial charge on any atom is 0.314 e. The summed E-state index contributed by atoms with van der Waals surface area (Å²) in [7, 11) is 0. The Bertz CT molecular complexity index is 388. The zero-order valence-electron chi connectivity index (χ0n) is 13.2. The molecule has 120 valence electrons. The lowest BCUT2D eigenvalue weighted by Gasteiger charge is -2.24. The highest BCUT2D eigenvalue weighted by molar-refractivity contribution is 5.97. The molecule has 2 atom stereocenters. The van der Waals surface area contributed by atoms with Crippen molar-refractivity contribution in [1.29, 1.82) is 0 Å². The van der Waals surface area contributed by atoms with Gasteiger partial charge in [0.15, 0.2) is 0 Å². The molecule has 2 unspecified atom stereocenters. The first-order valence-corrected chi connectivity index (χ1v) is 6.43. The summed E-state index contributed by atoms with van der Waals surface area (Å²) in [5.41, 5.74) is -0.488. The molecule has 0 aliphatic heterocycles. The van der Waals surface area contributed by atoms with Gasteiger partial charge in [-0.3, -0.25) is 19.2 Å². The number of hydrogen-bond donors (Lipinski definition) is 2. The normalized spacial score (nSPS) is 13.2. The molecule has 0 saturated carbocycles. The number of carboxylic acid groups (broad SMARTS) is 2. The maximum absolute atomic E-state index is 10.9. The molecule has 6 nitrogen and oxygen atoms in total. The number of hydrogen-bond acceptors (Lipinski definition) is 4. The molecule has 0 spiro atoms. The zero-order valence-corrected chi connectivity index (χ0v) is 13.2. The van der Waals surface area contributed by atoms with Crippen LogP contribution in [0.2, 0.25) is 0 Å². The molecule has 0 aromatic carbocycles. The van der Waals surface area contributed by atoms with Crippen LogP contribution in [0.15, 0.2) is 12.7 Å². The summed E-state index contributed by atoms with van der Waals surface area (Å²) in [4.78, 5) is 42.2. The summed E-state index contributed by atoms with van der Waals surface area (Å²) in [6.07, 6.45) is 1.64. The Balaban J connectivity index is 0. The average molecular weight is 300 g/mol. The molecular formula is C15H24O6. The third-order valence-corrected chi connectivity index (χ3v) is 2.71. The first-order chi connectivity index (χ1) is 9.36. The van der Waals surface area contributed by atoms with Crippen molar-refractivity contribution < 1.29 is 29.4 Å². The zero-order chi connectivity index (χ0) is 17.4. The second-order valence-electron chi connectivity index (χ2n) is 5.77. The van der Waals surface area contributed by atoms with Crippen LogP contribution in [0.1, 0.15) is 41.0 Å². The minimum atomic E-state index is -1.08. The fourth-order valence-electron chi connectivity index (χ4n) is 1.76. The lowest BCUT2D eigenvalue weighted by molar-refractivity contribution is -0.150. The summed E-state index contributed by atoms with van der Waals surface area (Å²) in [6.45, 7) is 11.2. The standard InChI is InChI=1S/C8H14O3.C7H10O3/c1-5(9)6(7(10)11)8(2,3)4;1-3-4-6(5(2)8)7(9)10/h6H,1-4H3,(H,10,11);3,6H,1,4H2,2H3,(H,9,10). The van der Waals surface area contributed by atoms with Crippen LogP contribution in [0, 0.1) is 17.3 Å². The van der Waals surface area contributed by atoms with Crippen LogP contribution in [0.25, 0.3) is 0 Å². The first kappa shape index (κ1) is 21.3. The molecule has 0 fully saturated rings. The first-order valence-electron chi connectivity index (χ1n) is 6.43.